The first-order valence-electron chi connectivity index (χ1n) is 6.17. The predicted octanol–water partition coefficient (Wildman–Crippen LogP) is -0.113. The van der Waals surface area contributed by atoms with Crippen molar-refractivity contribution in [1.29, 1.82) is 0 Å². The number of benzene rings is 1. The molecule has 20 heavy (non-hydrogen) atoms. The number of oxazole rings is 1. The maximum atomic E-state index is 12.4. The lowest BCUT2D eigenvalue weighted by Gasteiger charge is -2.15. The zero-order chi connectivity index (χ0) is 14.5. The monoisotopic (exact) mass is 298 g/mol. The van der Waals surface area contributed by atoms with Gasteiger partial charge in [0, 0.05) is 26.2 Å². The van der Waals surface area contributed by atoms with E-state index in [9.17, 15) is 18.3 Å². The Morgan fingerprint density at radius 3 is 2.80 bits per heavy atom. The maximum Gasteiger partial charge on any atom is 0.419 e. The summed E-state index contributed by atoms with van der Waals surface area (Å²) in [6, 6.07) is 4.33. The van der Waals surface area contributed by atoms with Gasteiger partial charge in [-0.2, -0.15) is 4.31 Å². The first-order valence-corrected chi connectivity index (χ1v) is 7.61. The number of fused-ring (bicyclic) bond motifs is 1. The average Bonchev–Trinajstić information content (AvgIpc) is 2.95. The molecule has 1 aromatic carbocycles. The van der Waals surface area contributed by atoms with Crippen molar-refractivity contribution in [2.75, 3.05) is 13.1 Å². The number of aryl methyl sites for hydroxylation is 1. The molecular weight excluding hydrogens is 284 g/mol. The zero-order valence-corrected chi connectivity index (χ0v) is 11.6. The molecular formula is C12H14N2O5S. The van der Waals surface area contributed by atoms with Gasteiger partial charge in [-0.15, -0.1) is 0 Å². The molecule has 0 amide bonds. The zero-order valence-electron chi connectivity index (χ0n) is 10.8. The molecule has 2 aromatic rings. The van der Waals surface area contributed by atoms with Crippen molar-refractivity contribution < 1.29 is 17.9 Å². The molecule has 1 saturated heterocycles. The Morgan fingerprint density at radius 2 is 2.15 bits per heavy atom. The lowest BCUT2D eigenvalue weighted by molar-refractivity contribution is 0.189. The van der Waals surface area contributed by atoms with Gasteiger partial charge in [0.15, 0.2) is 5.58 Å². The van der Waals surface area contributed by atoms with E-state index in [0.717, 1.165) is 0 Å². The fourth-order valence-electron chi connectivity index (χ4n) is 2.35. The van der Waals surface area contributed by atoms with E-state index in [1.165, 1.54) is 21.0 Å². The molecule has 1 aromatic heterocycles. The topological polar surface area (TPSA) is 92.8 Å². The summed E-state index contributed by atoms with van der Waals surface area (Å²) in [7, 11) is -2.11. The largest absolute Gasteiger partial charge is 0.419 e. The second kappa shape index (κ2) is 4.44. The van der Waals surface area contributed by atoms with Gasteiger partial charge < -0.3 is 9.52 Å². The Bertz CT molecular complexity index is 820. The number of hydrogen-bond acceptors (Lipinski definition) is 5. The number of sulfonamides is 1. The summed E-state index contributed by atoms with van der Waals surface area (Å²) in [5.74, 6) is -0.536. The van der Waals surface area contributed by atoms with E-state index in [-0.39, 0.29) is 17.0 Å². The van der Waals surface area contributed by atoms with Crippen LogP contribution in [-0.2, 0) is 17.1 Å². The van der Waals surface area contributed by atoms with Crippen LogP contribution >= 0.6 is 0 Å². The van der Waals surface area contributed by atoms with Crippen molar-refractivity contribution in [2.45, 2.75) is 17.4 Å². The quantitative estimate of drug-likeness (QED) is 0.835. The number of β-amino-alcohol motifs (C(OH)–C–C–N with tert-alkyl or cyclic N) is 1. The number of hydrogen-bond donors (Lipinski definition) is 1. The van der Waals surface area contributed by atoms with Gasteiger partial charge in [-0.3, -0.25) is 4.57 Å². The summed E-state index contributed by atoms with van der Waals surface area (Å²) in [4.78, 5) is 11.5. The first kappa shape index (κ1) is 13.3. The molecule has 1 aliphatic rings. The summed E-state index contributed by atoms with van der Waals surface area (Å²) in [6.07, 6.45) is -0.190. The third-order valence-electron chi connectivity index (χ3n) is 3.53. The first-order chi connectivity index (χ1) is 9.39. The van der Waals surface area contributed by atoms with E-state index in [4.69, 9.17) is 4.42 Å². The number of rotatable bonds is 2. The molecule has 8 heteroatoms. The standard InChI is InChI=1S/C12H14N2O5S/c1-13-10-3-2-9(6-11(10)19-12(13)16)20(17,18)14-5-4-8(15)7-14/h2-3,6,8,15H,4-5,7H2,1H3. The van der Waals surface area contributed by atoms with Crippen molar-refractivity contribution in [3.8, 4) is 0 Å². The molecule has 0 radical (unpaired) electrons. The summed E-state index contributed by atoms with van der Waals surface area (Å²) in [5, 5.41) is 9.45. The van der Waals surface area contributed by atoms with Crippen LogP contribution in [0.3, 0.4) is 0 Å². The molecule has 7 nitrogen and oxygen atoms in total. The number of nitrogens with zero attached hydrogens (tertiary/aromatic N) is 2. The minimum absolute atomic E-state index is 0.0634. The molecule has 108 valence electrons. The molecule has 0 bridgehead atoms. The van der Waals surface area contributed by atoms with E-state index in [1.807, 2.05) is 0 Å². The third-order valence-corrected chi connectivity index (χ3v) is 5.39. The summed E-state index contributed by atoms with van der Waals surface area (Å²) >= 11 is 0. The number of aliphatic hydroxyl groups is 1. The van der Waals surface area contributed by atoms with Gasteiger partial charge in [-0.25, -0.2) is 13.2 Å². The van der Waals surface area contributed by atoms with Gasteiger partial charge >= 0.3 is 5.76 Å². The second-order valence-electron chi connectivity index (χ2n) is 4.86. The smallest absolute Gasteiger partial charge is 0.408 e. The molecule has 1 fully saturated rings. The SMILES string of the molecule is Cn1c(=O)oc2cc(S(=O)(=O)N3CCC(O)C3)ccc21. The van der Waals surface area contributed by atoms with Gasteiger partial charge in [0.1, 0.15) is 0 Å². The van der Waals surface area contributed by atoms with Gasteiger partial charge in [-0.05, 0) is 18.6 Å². The van der Waals surface area contributed by atoms with E-state index in [1.54, 1.807) is 13.1 Å². The van der Waals surface area contributed by atoms with E-state index < -0.39 is 21.9 Å². The Labute approximate surface area is 115 Å². The fraction of sp³-hybridized carbons (Fsp3) is 0.417. The van der Waals surface area contributed by atoms with Crippen LogP contribution < -0.4 is 5.76 Å². The van der Waals surface area contributed by atoms with Gasteiger partial charge in [0.25, 0.3) is 0 Å². The Kier molecular flexibility index (Phi) is 2.96. The Balaban J connectivity index is 2.08. The Morgan fingerprint density at radius 1 is 1.40 bits per heavy atom. The lowest BCUT2D eigenvalue weighted by atomic mass is 10.3. The van der Waals surface area contributed by atoms with Crippen LogP contribution in [0.5, 0.6) is 0 Å². The second-order valence-corrected chi connectivity index (χ2v) is 6.80. The van der Waals surface area contributed by atoms with Gasteiger partial charge in [0.05, 0.1) is 16.5 Å². The van der Waals surface area contributed by atoms with E-state index >= 15 is 0 Å². The fourth-order valence-corrected chi connectivity index (χ4v) is 3.86. The van der Waals surface area contributed by atoms with Crippen molar-refractivity contribution in [3.05, 3.63) is 28.7 Å². The number of aliphatic hydroxyl groups excluding tert-OH is 1. The third kappa shape index (κ3) is 1.96. The van der Waals surface area contributed by atoms with Crippen molar-refractivity contribution in [1.82, 2.24) is 8.87 Å². The Hall–Kier alpha value is -1.64. The summed E-state index contributed by atoms with van der Waals surface area (Å²) in [6.45, 7) is 0.388. The highest BCUT2D eigenvalue weighted by Gasteiger charge is 2.32. The molecule has 0 aliphatic carbocycles. The van der Waals surface area contributed by atoms with Crippen LogP contribution in [0, 0.1) is 0 Å². The van der Waals surface area contributed by atoms with Gasteiger partial charge in [0.2, 0.25) is 10.0 Å². The van der Waals surface area contributed by atoms with Crippen LogP contribution in [0.2, 0.25) is 0 Å². The minimum Gasteiger partial charge on any atom is -0.408 e. The molecule has 2 heterocycles. The van der Waals surface area contributed by atoms with Crippen LogP contribution in [0.15, 0.2) is 32.3 Å². The molecule has 3 rings (SSSR count). The number of aromatic nitrogens is 1. The molecule has 1 aliphatic heterocycles. The molecule has 1 unspecified atom stereocenters. The average molecular weight is 298 g/mol. The normalized spacial score (nSPS) is 20.8. The van der Waals surface area contributed by atoms with Crippen molar-refractivity contribution >= 4 is 21.1 Å². The van der Waals surface area contributed by atoms with Crippen molar-refractivity contribution in [3.63, 3.8) is 0 Å². The van der Waals surface area contributed by atoms with Crippen LogP contribution in [0.25, 0.3) is 11.1 Å². The van der Waals surface area contributed by atoms with E-state index in [0.29, 0.717) is 18.5 Å². The lowest BCUT2D eigenvalue weighted by Crippen LogP contribution is -2.29. The van der Waals surface area contributed by atoms with Crippen LogP contribution in [0.1, 0.15) is 6.42 Å². The molecule has 0 saturated carbocycles. The predicted molar refractivity (Wildman–Crippen MR) is 70.8 cm³/mol. The molecule has 1 N–H and O–H groups in total. The molecule has 1 atom stereocenters. The van der Waals surface area contributed by atoms with Crippen molar-refractivity contribution in [2.24, 2.45) is 7.05 Å². The molecule has 0 spiro atoms. The highest BCUT2D eigenvalue weighted by molar-refractivity contribution is 7.89. The summed E-state index contributed by atoms with van der Waals surface area (Å²) < 4.78 is 32.3. The summed E-state index contributed by atoms with van der Waals surface area (Å²) in [5.41, 5.74) is 0.772. The maximum absolute atomic E-state index is 12.4. The van der Waals surface area contributed by atoms with Crippen LogP contribution in [0.4, 0.5) is 0 Å². The van der Waals surface area contributed by atoms with Crippen LogP contribution in [-0.4, -0.2) is 41.6 Å². The van der Waals surface area contributed by atoms with Gasteiger partial charge in [-0.1, -0.05) is 0 Å². The van der Waals surface area contributed by atoms with E-state index in [2.05, 4.69) is 0 Å². The highest BCUT2D eigenvalue weighted by atomic mass is 32.2. The minimum atomic E-state index is -3.66. The highest BCUT2D eigenvalue weighted by Crippen LogP contribution is 2.24.